The maximum Gasteiger partial charge on any atom is 0.0637 e. The SMILES string of the molecule is CCOCC1(COCC)COC1. The zero-order chi connectivity index (χ0) is 8.86. The van der Waals surface area contributed by atoms with Gasteiger partial charge in [-0.15, -0.1) is 0 Å². The van der Waals surface area contributed by atoms with Gasteiger partial charge in [-0.2, -0.15) is 0 Å². The van der Waals surface area contributed by atoms with E-state index in [4.69, 9.17) is 14.2 Å². The molecule has 0 spiro atoms. The zero-order valence-electron chi connectivity index (χ0n) is 7.97. The molecule has 1 aliphatic heterocycles. The van der Waals surface area contributed by atoms with E-state index in [1.54, 1.807) is 0 Å². The molecular formula is C9H18O3. The summed E-state index contributed by atoms with van der Waals surface area (Å²) in [7, 11) is 0. The smallest absolute Gasteiger partial charge is 0.0637 e. The van der Waals surface area contributed by atoms with Crippen molar-refractivity contribution in [2.24, 2.45) is 5.41 Å². The summed E-state index contributed by atoms with van der Waals surface area (Å²) in [5, 5.41) is 0. The Morgan fingerprint density at radius 1 is 1.08 bits per heavy atom. The highest BCUT2D eigenvalue weighted by molar-refractivity contribution is 4.85. The molecule has 0 aromatic heterocycles. The lowest BCUT2D eigenvalue weighted by atomic mass is 9.88. The minimum Gasteiger partial charge on any atom is -0.381 e. The van der Waals surface area contributed by atoms with E-state index in [1.165, 1.54) is 0 Å². The van der Waals surface area contributed by atoms with Gasteiger partial charge in [0.15, 0.2) is 0 Å². The molecule has 1 aliphatic rings. The fourth-order valence-electron chi connectivity index (χ4n) is 1.24. The lowest BCUT2D eigenvalue weighted by Crippen LogP contribution is -2.49. The van der Waals surface area contributed by atoms with Gasteiger partial charge in [0.2, 0.25) is 0 Å². The Morgan fingerprint density at radius 3 is 1.83 bits per heavy atom. The molecule has 3 heteroatoms. The Labute approximate surface area is 74.0 Å². The molecule has 12 heavy (non-hydrogen) atoms. The summed E-state index contributed by atoms with van der Waals surface area (Å²) in [4.78, 5) is 0. The van der Waals surface area contributed by atoms with E-state index in [2.05, 4.69) is 0 Å². The second-order valence-corrected chi connectivity index (χ2v) is 3.27. The predicted molar refractivity (Wildman–Crippen MR) is 46.2 cm³/mol. The minimum atomic E-state index is 0.159. The molecule has 0 N–H and O–H groups in total. The van der Waals surface area contributed by atoms with Crippen LogP contribution in [0.4, 0.5) is 0 Å². The van der Waals surface area contributed by atoms with Crippen LogP contribution in [-0.4, -0.2) is 39.6 Å². The first-order chi connectivity index (χ1) is 5.83. The molecule has 72 valence electrons. The summed E-state index contributed by atoms with van der Waals surface area (Å²) in [5.74, 6) is 0. The highest BCUT2D eigenvalue weighted by Crippen LogP contribution is 2.28. The third kappa shape index (κ3) is 2.44. The molecule has 0 aromatic rings. The quantitative estimate of drug-likeness (QED) is 0.603. The maximum absolute atomic E-state index is 5.38. The third-order valence-electron chi connectivity index (χ3n) is 2.04. The van der Waals surface area contributed by atoms with Crippen LogP contribution in [0.15, 0.2) is 0 Å². The summed E-state index contributed by atoms with van der Waals surface area (Å²) in [6.07, 6.45) is 0. The van der Waals surface area contributed by atoms with Gasteiger partial charge < -0.3 is 14.2 Å². The Bertz CT molecular complexity index is 111. The van der Waals surface area contributed by atoms with Gasteiger partial charge in [-0.25, -0.2) is 0 Å². The van der Waals surface area contributed by atoms with E-state index in [1.807, 2.05) is 13.8 Å². The van der Waals surface area contributed by atoms with Crippen molar-refractivity contribution in [3.8, 4) is 0 Å². The summed E-state index contributed by atoms with van der Waals surface area (Å²) >= 11 is 0. The molecule has 0 bridgehead atoms. The third-order valence-corrected chi connectivity index (χ3v) is 2.04. The molecule has 0 aliphatic carbocycles. The second kappa shape index (κ2) is 4.80. The Hall–Kier alpha value is -0.120. The number of rotatable bonds is 6. The fourth-order valence-corrected chi connectivity index (χ4v) is 1.24. The van der Waals surface area contributed by atoms with Gasteiger partial charge in [0.25, 0.3) is 0 Å². The van der Waals surface area contributed by atoms with Gasteiger partial charge >= 0.3 is 0 Å². The molecule has 0 amide bonds. The van der Waals surface area contributed by atoms with Crippen LogP contribution in [0.5, 0.6) is 0 Å². The van der Waals surface area contributed by atoms with E-state index in [0.717, 1.165) is 39.6 Å². The summed E-state index contributed by atoms with van der Waals surface area (Å²) in [5.41, 5.74) is 0.159. The van der Waals surface area contributed by atoms with Gasteiger partial charge in [-0.3, -0.25) is 0 Å². The monoisotopic (exact) mass is 174 g/mol. The van der Waals surface area contributed by atoms with Crippen molar-refractivity contribution in [1.82, 2.24) is 0 Å². The van der Waals surface area contributed by atoms with Gasteiger partial charge in [0.05, 0.1) is 31.8 Å². The first kappa shape index (κ1) is 9.96. The average Bonchev–Trinajstić information content (AvgIpc) is 2.02. The van der Waals surface area contributed by atoms with Crippen LogP contribution in [0, 0.1) is 5.41 Å². The highest BCUT2D eigenvalue weighted by atomic mass is 16.5. The van der Waals surface area contributed by atoms with E-state index in [9.17, 15) is 0 Å². The predicted octanol–water partition coefficient (Wildman–Crippen LogP) is 1.08. The van der Waals surface area contributed by atoms with Gasteiger partial charge in [0, 0.05) is 13.2 Å². The summed E-state index contributed by atoms with van der Waals surface area (Å²) in [6, 6.07) is 0. The number of hydrogen-bond acceptors (Lipinski definition) is 3. The molecule has 0 aromatic carbocycles. The van der Waals surface area contributed by atoms with Crippen LogP contribution in [0.3, 0.4) is 0 Å². The first-order valence-corrected chi connectivity index (χ1v) is 4.56. The normalized spacial score (nSPS) is 20.5. The number of ether oxygens (including phenoxy) is 3. The average molecular weight is 174 g/mol. The van der Waals surface area contributed by atoms with Crippen LogP contribution in [0.1, 0.15) is 13.8 Å². The molecule has 0 saturated carbocycles. The molecule has 1 rings (SSSR count). The zero-order valence-corrected chi connectivity index (χ0v) is 7.97. The van der Waals surface area contributed by atoms with Crippen LogP contribution in [-0.2, 0) is 14.2 Å². The van der Waals surface area contributed by atoms with Crippen LogP contribution < -0.4 is 0 Å². The van der Waals surface area contributed by atoms with Crippen molar-refractivity contribution in [3.63, 3.8) is 0 Å². The van der Waals surface area contributed by atoms with Crippen molar-refractivity contribution < 1.29 is 14.2 Å². The topological polar surface area (TPSA) is 27.7 Å². The van der Waals surface area contributed by atoms with Crippen molar-refractivity contribution >= 4 is 0 Å². The second-order valence-electron chi connectivity index (χ2n) is 3.27. The molecule has 0 atom stereocenters. The lowest BCUT2D eigenvalue weighted by molar-refractivity contribution is -0.176. The van der Waals surface area contributed by atoms with Crippen LogP contribution in [0.25, 0.3) is 0 Å². The Morgan fingerprint density at radius 2 is 1.58 bits per heavy atom. The Balaban J connectivity index is 2.19. The maximum atomic E-state index is 5.38. The molecule has 3 nitrogen and oxygen atoms in total. The van der Waals surface area contributed by atoms with Crippen LogP contribution in [0.2, 0.25) is 0 Å². The van der Waals surface area contributed by atoms with Crippen LogP contribution >= 0.6 is 0 Å². The highest BCUT2D eigenvalue weighted by Gasteiger charge is 2.39. The van der Waals surface area contributed by atoms with Crippen molar-refractivity contribution in [2.75, 3.05) is 39.6 Å². The standard InChI is InChI=1S/C9H18O3/c1-3-10-5-9(6-11-4-2)7-12-8-9/h3-8H2,1-2H3. The van der Waals surface area contributed by atoms with Gasteiger partial charge in [0.1, 0.15) is 0 Å². The van der Waals surface area contributed by atoms with Crippen molar-refractivity contribution in [3.05, 3.63) is 0 Å². The molecule has 0 radical (unpaired) electrons. The summed E-state index contributed by atoms with van der Waals surface area (Å²) < 4.78 is 15.9. The molecule has 1 fully saturated rings. The van der Waals surface area contributed by atoms with Gasteiger partial charge in [-0.1, -0.05) is 0 Å². The molecule has 1 saturated heterocycles. The minimum absolute atomic E-state index is 0.159. The molecular weight excluding hydrogens is 156 g/mol. The first-order valence-electron chi connectivity index (χ1n) is 4.56. The van der Waals surface area contributed by atoms with E-state index in [-0.39, 0.29) is 5.41 Å². The fraction of sp³-hybridized carbons (Fsp3) is 1.00. The lowest BCUT2D eigenvalue weighted by Gasteiger charge is -2.40. The largest absolute Gasteiger partial charge is 0.381 e. The van der Waals surface area contributed by atoms with Gasteiger partial charge in [-0.05, 0) is 13.8 Å². The molecule has 1 heterocycles. The van der Waals surface area contributed by atoms with Crippen molar-refractivity contribution in [2.45, 2.75) is 13.8 Å². The Kier molecular flexibility index (Phi) is 3.98. The van der Waals surface area contributed by atoms with E-state index < -0.39 is 0 Å². The van der Waals surface area contributed by atoms with E-state index in [0.29, 0.717) is 0 Å². The molecule has 0 unspecified atom stereocenters. The van der Waals surface area contributed by atoms with Crippen molar-refractivity contribution in [1.29, 1.82) is 0 Å². The summed E-state index contributed by atoms with van der Waals surface area (Å²) in [6.45, 7) is 8.66. The van der Waals surface area contributed by atoms with E-state index >= 15 is 0 Å². The number of hydrogen-bond donors (Lipinski definition) is 0.